The molecule has 1 amide bonds. The van der Waals surface area contributed by atoms with Crippen molar-refractivity contribution >= 4 is 33.8 Å². The number of nitro groups is 2. The SMILES string of the molecule is O=C(Nc1nnc(-c2cccnc2)s1)c1ccc([N+](=O)[O-])cc1[N+](=O)[O-]. The van der Waals surface area contributed by atoms with Crippen molar-refractivity contribution in [3.8, 4) is 10.6 Å². The minimum Gasteiger partial charge on any atom is -0.296 e. The molecule has 3 aromatic rings. The van der Waals surface area contributed by atoms with Crippen molar-refractivity contribution in [2.45, 2.75) is 0 Å². The second-order valence-electron chi connectivity index (χ2n) is 4.82. The Balaban J connectivity index is 1.86. The number of nitrogens with one attached hydrogen (secondary N) is 1. The first kappa shape index (κ1) is 17.0. The van der Waals surface area contributed by atoms with Gasteiger partial charge in [0.25, 0.3) is 17.3 Å². The summed E-state index contributed by atoms with van der Waals surface area (Å²) < 4.78 is 0. The molecule has 0 aliphatic heterocycles. The molecule has 1 aromatic carbocycles. The van der Waals surface area contributed by atoms with Gasteiger partial charge in [-0.25, -0.2) is 0 Å². The van der Waals surface area contributed by atoms with Crippen molar-refractivity contribution in [1.82, 2.24) is 15.2 Å². The summed E-state index contributed by atoms with van der Waals surface area (Å²) in [5.74, 6) is -0.819. The zero-order valence-corrected chi connectivity index (χ0v) is 13.5. The molecule has 0 unspecified atom stereocenters. The Morgan fingerprint density at radius 2 is 1.92 bits per heavy atom. The van der Waals surface area contributed by atoms with Crippen molar-refractivity contribution in [3.05, 3.63) is 68.5 Å². The van der Waals surface area contributed by atoms with Gasteiger partial charge in [-0.2, -0.15) is 0 Å². The lowest BCUT2D eigenvalue weighted by Crippen LogP contribution is -2.14. The normalized spacial score (nSPS) is 10.3. The van der Waals surface area contributed by atoms with Gasteiger partial charge >= 0.3 is 0 Å². The average Bonchev–Trinajstić information content (AvgIpc) is 3.10. The Bertz CT molecular complexity index is 1010. The molecule has 0 aliphatic carbocycles. The van der Waals surface area contributed by atoms with Gasteiger partial charge in [-0.15, -0.1) is 10.2 Å². The highest BCUT2D eigenvalue weighted by Gasteiger charge is 2.24. The van der Waals surface area contributed by atoms with E-state index in [9.17, 15) is 25.0 Å². The summed E-state index contributed by atoms with van der Waals surface area (Å²) in [5.41, 5.74) is -0.776. The van der Waals surface area contributed by atoms with E-state index in [0.29, 0.717) is 10.6 Å². The van der Waals surface area contributed by atoms with Crippen LogP contribution in [0.25, 0.3) is 10.6 Å². The van der Waals surface area contributed by atoms with E-state index in [4.69, 9.17) is 0 Å². The van der Waals surface area contributed by atoms with E-state index in [1.54, 1.807) is 24.5 Å². The van der Waals surface area contributed by atoms with Gasteiger partial charge in [0.15, 0.2) is 5.01 Å². The largest absolute Gasteiger partial charge is 0.296 e. The standard InChI is InChI=1S/C14H8N6O5S/c21-12(10-4-3-9(19(22)23)6-11(10)20(24)25)16-14-18-17-13(26-14)8-2-1-5-15-7-8/h1-7H,(H,16,18,21). The third-order valence-corrected chi connectivity index (χ3v) is 4.08. The monoisotopic (exact) mass is 372 g/mol. The Morgan fingerprint density at radius 3 is 2.58 bits per heavy atom. The van der Waals surface area contributed by atoms with Crippen LogP contribution in [0.3, 0.4) is 0 Å². The van der Waals surface area contributed by atoms with E-state index in [2.05, 4.69) is 20.5 Å². The molecule has 0 radical (unpaired) electrons. The fourth-order valence-corrected chi connectivity index (χ4v) is 2.75. The molecule has 0 fully saturated rings. The van der Waals surface area contributed by atoms with Crippen molar-refractivity contribution in [1.29, 1.82) is 0 Å². The average molecular weight is 372 g/mol. The van der Waals surface area contributed by atoms with Crippen molar-refractivity contribution in [3.63, 3.8) is 0 Å². The van der Waals surface area contributed by atoms with Gasteiger partial charge in [0.2, 0.25) is 5.13 Å². The molecule has 0 spiro atoms. The highest BCUT2D eigenvalue weighted by molar-refractivity contribution is 7.18. The molecule has 11 nitrogen and oxygen atoms in total. The summed E-state index contributed by atoms with van der Waals surface area (Å²) in [4.78, 5) is 36.5. The molecule has 0 aliphatic rings. The van der Waals surface area contributed by atoms with Crippen molar-refractivity contribution < 1.29 is 14.6 Å². The number of hydrogen-bond acceptors (Lipinski definition) is 9. The molecule has 26 heavy (non-hydrogen) atoms. The maximum Gasteiger partial charge on any atom is 0.289 e. The molecule has 12 heteroatoms. The number of non-ortho nitro benzene ring substituents is 1. The van der Waals surface area contributed by atoms with Crippen LogP contribution >= 0.6 is 11.3 Å². The van der Waals surface area contributed by atoms with E-state index >= 15 is 0 Å². The summed E-state index contributed by atoms with van der Waals surface area (Å²) in [6.07, 6.45) is 3.17. The van der Waals surface area contributed by atoms with Gasteiger partial charge in [-0.1, -0.05) is 11.3 Å². The van der Waals surface area contributed by atoms with E-state index in [0.717, 1.165) is 29.5 Å². The van der Waals surface area contributed by atoms with Gasteiger partial charge in [-0.05, 0) is 18.2 Å². The highest BCUT2D eigenvalue weighted by Crippen LogP contribution is 2.28. The molecular formula is C14H8N6O5S. The lowest BCUT2D eigenvalue weighted by Gasteiger charge is -2.02. The first-order valence-corrected chi connectivity index (χ1v) is 7.75. The molecule has 3 rings (SSSR count). The van der Waals surface area contributed by atoms with Crippen LogP contribution in [-0.2, 0) is 0 Å². The van der Waals surface area contributed by atoms with Crippen LogP contribution in [0.5, 0.6) is 0 Å². The summed E-state index contributed by atoms with van der Waals surface area (Å²) in [6, 6.07) is 6.25. The number of pyridine rings is 1. The Labute approximate surface area is 148 Å². The predicted molar refractivity (Wildman–Crippen MR) is 90.8 cm³/mol. The zero-order valence-electron chi connectivity index (χ0n) is 12.7. The fraction of sp³-hybridized carbons (Fsp3) is 0. The van der Waals surface area contributed by atoms with Crippen LogP contribution in [0, 0.1) is 20.2 Å². The number of carbonyl (C=O) groups excluding carboxylic acids is 1. The van der Waals surface area contributed by atoms with Gasteiger partial charge in [-0.3, -0.25) is 35.3 Å². The fourth-order valence-electron chi connectivity index (χ4n) is 2.02. The van der Waals surface area contributed by atoms with Crippen LogP contribution in [0.4, 0.5) is 16.5 Å². The van der Waals surface area contributed by atoms with E-state index in [-0.39, 0.29) is 10.7 Å². The predicted octanol–water partition coefficient (Wildman–Crippen LogP) is 2.67. The first-order valence-electron chi connectivity index (χ1n) is 6.94. The third kappa shape index (κ3) is 3.49. The van der Waals surface area contributed by atoms with Crippen molar-refractivity contribution in [2.75, 3.05) is 5.32 Å². The molecule has 0 atom stereocenters. The molecule has 130 valence electrons. The van der Waals surface area contributed by atoms with E-state index in [1.807, 2.05) is 0 Å². The Kier molecular flexibility index (Phi) is 4.57. The van der Waals surface area contributed by atoms with E-state index in [1.165, 1.54) is 0 Å². The van der Waals surface area contributed by atoms with Crippen LogP contribution in [0.1, 0.15) is 10.4 Å². The van der Waals surface area contributed by atoms with Gasteiger partial charge in [0, 0.05) is 24.0 Å². The highest BCUT2D eigenvalue weighted by atomic mass is 32.1. The summed E-state index contributed by atoms with van der Waals surface area (Å²) in [6.45, 7) is 0. The van der Waals surface area contributed by atoms with Crippen molar-refractivity contribution in [2.24, 2.45) is 0 Å². The van der Waals surface area contributed by atoms with Gasteiger partial charge in [0.05, 0.1) is 15.9 Å². The number of hydrogen-bond donors (Lipinski definition) is 1. The molecular weight excluding hydrogens is 364 g/mol. The maximum absolute atomic E-state index is 12.3. The van der Waals surface area contributed by atoms with E-state index < -0.39 is 27.1 Å². The number of nitro benzene ring substituents is 2. The maximum atomic E-state index is 12.3. The zero-order chi connectivity index (χ0) is 18.7. The number of aromatic nitrogens is 3. The third-order valence-electron chi connectivity index (χ3n) is 3.19. The number of carbonyl (C=O) groups is 1. The Morgan fingerprint density at radius 1 is 1.12 bits per heavy atom. The molecule has 0 saturated heterocycles. The molecule has 2 aromatic heterocycles. The second kappa shape index (κ2) is 6.98. The second-order valence-corrected chi connectivity index (χ2v) is 5.80. The minimum absolute atomic E-state index is 0.126. The molecule has 0 saturated carbocycles. The number of rotatable bonds is 5. The quantitative estimate of drug-likeness (QED) is 0.529. The number of anilines is 1. The number of amides is 1. The smallest absolute Gasteiger partial charge is 0.289 e. The molecule has 2 heterocycles. The van der Waals surface area contributed by atoms with Gasteiger partial charge < -0.3 is 0 Å². The van der Waals surface area contributed by atoms with Crippen LogP contribution in [0.2, 0.25) is 0 Å². The lowest BCUT2D eigenvalue weighted by atomic mass is 10.1. The lowest BCUT2D eigenvalue weighted by molar-refractivity contribution is -0.394. The van der Waals surface area contributed by atoms with Crippen LogP contribution in [0.15, 0.2) is 42.7 Å². The summed E-state index contributed by atoms with van der Waals surface area (Å²) in [5, 5.41) is 32.6. The topological polar surface area (TPSA) is 154 Å². The van der Waals surface area contributed by atoms with Crippen LogP contribution < -0.4 is 5.32 Å². The number of nitrogens with zero attached hydrogens (tertiary/aromatic N) is 5. The molecule has 0 bridgehead atoms. The Hall–Kier alpha value is -3.80. The summed E-state index contributed by atoms with van der Waals surface area (Å²) in [7, 11) is 0. The van der Waals surface area contributed by atoms with Gasteiger partial charge in [0.1, 0.15) is 5.56 Å². The summed E-state index contributed by atoms with van der Waals surface area (Å²) >= 11 is 1.06. The molecule has 1 N–H and O–H groups in total. The minimum atomic E-state index is -0.858. The van der Waals surface area contributed by atoms with Crippen LogP contribution in [-0.4, -0.2) is 30.9 Å². The number of benzene rings is 1. The first-order chi connectivity index (χ1) is 12.5.